The summed E-state index contributed by atoms with van der Waals surface area (Å²) in [5.74, 6) is 0.313. The van der Waals surface area contributed by atoms with Gasteiger partial charge in [0.15, 0.2) is 0 Å². The molecule has 19 heavy (non-hydrogen) atoms. The molecule has 1 saturated heterocycles. The Morgan fingerprint density at radius 1 is 1.21 bits per heavy atom. The fourth-order valence-electron chi connectivity index (χ4n) is 2.30. The quantitative estimate of drug-likeness (QED) is 0.852. The van der Waals surface area contributed by atoms with Crippen LogP contribution in [0.4, 0.5) is 0 Å². The summed E-state index contributed by atoms with van der Waals surface area (Å²) >= 11 is 1.47. The normalized spacial score (nSPS) is 16.3. The number of hydrogen-bond acceptors (Lipinski definition) is 3. The highest BCUT2D eigenvalue weighted by Crippen LogP contribution is 2.14. The van der Waals surface area contributed by atoms with Gasteiger partial charge in [-0.2, -0.15) is 0 Å². The molecule has 0 saturated carbocycles. The zero-order valence-corrected chi connectivity index (χ0v) is 12.1. The lowest BCUT2D eigenvalue weighted by atomic mass is 10.3. The minimum atomic E-state index is 0.0970. The van der Waals surface area contributed by atoms with Crippen LogP contribution in [0.2, 0.25) is 0 Å². The third-order valence-corrected chi connectivity index (χ3v) is 4.19. The molecule has 5 heteroatoms. The van der Waals surface area contributed by atoms with Crippen LogP contribution >= 0.6 is 11.3 Å². The highest BCUT2D eigenvalue weighted by Gasteiger charge is 2.22. The van der Waals surface area contributed by atoms with Crippen LogP contribution in [0.3, 0.4) is 0 Å². The van der Waals surface area contributed by atoms with Gasteiger partial charge in [-0.25, -0.2) is 0 Å². The van der Waals surface area contributed by atoms with E-state index in [1.54, 1.807) is 0 Å². The summed E-state index contributed by atoms with van der Waals surface area (Å²) in [4.78, 5) is 28.7. The number of hydrogen-bond donors (Lipinski definition) is 0. The molecule has 4 nitrogen and oxygen atoms in total. The van der Waals surface area contributed by atoms with Crippen molar-refractivity contribution in [2.45, 2.75) is 26.2 Å². The van der Waals surface area contributed by atoms with Crippen molar-refractivity contribution in [1.29, 1.82) is 0 Å². The van der Waals surface area contributed by atoms with Crippen molar-refractivity contribution in [1.82, 2.24) is 9.80 Å². The Bertz CT molecular complexity index is 431. The lowest BCUT2D eigenvalue weighted by Gasteiger charge is -2.21. The summed E-state index contributed by atoms with van der Waals surface area (Å²) in [7, 11) is 0. The summed E-state index contributed by atoms with van der Waals surface area (Å²) < 4.78 is 0. The van der Waals surface area contributed by atoms with Gasteiger partial charge in [0.2, 0.25) is 5.91 Å². The molecule has 0 spiro atoms. The molecule has 0 unspecified atom stereocenters. The van der Waals surface area contributed by atoms with E-state index in [4.69, 9.17) is 0 Å². The van der Waals surface area contributed by atoms with E-state index in [2.05, 4.69) is 0 Å². The van der Waals surface area contributed by atoms with Crippen LogP contribution in [0.15, 0.2) is 17.5 Å². The molecule has 0 aliphatic carbocycles. The Labute approximate surface area is 118 Å². The minimum absolute atomic E-state index is 0.0970. The summed E-state index contributed by atoms with van der Waals surface area (Å²) in [5, 5.41) is 1.92. The largest absolute Gasteiger partial charge is 0.341 e. The second-order valence-corrected chi connectivity index (χ2v) is 5.70. The molecule has 2 rings (SSSR count). The van der Waals surface area contributed by atoms with E-state index in [1.165, 1.54) is 11.3 Å². The number of thiophene rings is 1. The fourth-order valence-corrected chi connectivity index (χ4v) is 2.99. The van der Waals surface area contributed by atoms with E-state index in [-0.39, 0.29) is 11.8 Å². The van der Waals surface area contributed by atoms with Crippen LogP contribution in [0.1, 0.15) is 35.9 Å². The molecular formula is C14H20N2O2S. The molecule has 1 aliphatic heterocycles. The average Bonchev–Trinajstić information content (AvgIpc) is 2.82. The minimum Gasteiger partial charge on any atom is -0.341 e. The van der Waals surface area contributed by atoms with Gasteiger partial charge in [-0.1, -0.05) is 13.0 Å². The van der Waals surface area contributed by atoms with Crippen molar-refractivity contribution < 1.29 is 9.59 Å². The topological polar surface area (TPSA) is 40.6 Å². The maximum Gasteiger partial charge on any atom is 0.263 e. The van der Waals surface area contributed by atoms with Crippen LogP contribution in [0.25, 0.3) is 0 Å². The van der Waals surface area contributed by atoms with Gasteiger partial charge in [0.1, 0.15) is 0 Å². The maximum absolute atomic E-state index is 12.2. The number of nitrogens with zero attached hydrogens (tertiary/aromatic N) is 2. The fraction of sp³-hybridized carbons (Fsp3) is 0.571. The zero-order chi connectivity index (χ0) is 13.7. The lowest BCUT2D eigenvalue weighted by molar-refractivity contribution is -0.131. The van der Waals surface area contributed by atoms with Crippen LogP contribution < -0.4 is 0 Å². The number of carbonyl (C=O) groups excluding carboxylic acids is 2. The molecule has 1 aromatic heterocycles. The predicted molar refractivity (Wildman–Crippen MR) is 76.3 cm³/mol. The van der Waals surface area contributed by atoms with Crippen molar-refractivity contribution in [3.63, 3.8) is 0 Å². The molecule has 104 valence electrons. The average molecular weight is 280 g/mol. The van der Waals surface area contributed by atoms with Crippen molar-refractivity contribution >= 4 is 23.2 Å². The predicted octanol–water partition coefficient (Wildman–Crippen LogP) is 2.22. The van der Waals surface area contributed by atoms with E-state index in [1.807, 2.05) is 34.2 Å². The van der Waals surface area contributed by atoms with E-state index in [9.17, 15) is 9.59 Å². The lowest BCUT2D eigenvalue weighted by Crippen LogP contribution is -2.37. The molecule has 0 atom stereocenters. The molecule has 1 aliphatic rings. The molecule has 1 aromatic rings. The van der Waals surface area contributed by atoms with Gasteiger partial charge < -0.3 is 9.80 Å². The second-order valence-electron chi connectivity index (χ2n) is 4.75. The van der Waals surface area contributed by atoms with Crippen molar-refractivity contribution in [2.75, 3.05) is 26.2 Å². The van der Waals surface area contributed by atoms with Crippen molar-refractivity contribution in [3.05, 3.63) is 22.4 Å². The third-order valence-electron chi connectivity index (χ3n) is 3.33. The summed E-state index contributed by atoms with van der Waals surface area (Å²) in [6, 6.07) is 3.75. The Balaban J connectivity index is 1.93. The van der Waals surface area contributed by atoms with E-state index in [0.29, 0.717) is 19.5 Å². The van der Waals surface area contributed by atoms with Gasteiger partial charge in [-0.05, 0) is 24.3 Å². The van der Waals surface area contributed by atoms with Crippen LogP contribution in [-0.2, 0) is 4.79 Å². The Kier molecular flexibility index (Phi) is 4.96. The Morgan fingerprint density at radius 3 is 2.63 bits per heavy atom. The van der Waals surface area contributed by atoms with Crippen molar-refractivity contribution in [2.24, 2.45) is 0 Å². The summed E-state index contributed by atoms with van der Waals surface area (Å²) in [6.07, 6.45) is 2.36. The first-order valence-electron chi connectivity index (χ1n) is 6.83. The monoisotopic (exact) mass is 280 g/mol. The molecule has 0 radical (unpaired) electrons. The molecule has 2 amide bonds. The number of carbonyl (C=O) groups is 2. The van der Waals surface area contributed by atoms with Gasteiger partial charge in [0.25, 0.3) is 5.91 Å². The van der Waals surface area contributed by atoms with Crippen LogP contribution in [0, 0.1) is 0 Å². The molecule has 0 N–H and O–H groups in total. The molecule has 1 fully saturated rings. The first-order valence-corrected chi connectivity index (χ1v) is 7.71. The van der Waals surface area contributed by atoms with Crippen LogP contribution in [0.5, 0.6) is 0 Å². The van der Waals surface area contributed by atoms with Gasteiger partial charge in [-0.15, -0.1) is 11.3 Å². The highest BCUT2D eigenvalue weighted by atomic mass is 32.1. The van der Waals surface area contributed by atoms with E-state index >= 15 is 0 Å². The second kappa shape index (κ2) is 6.70. The number of rotatable bonds is 3. The third kappa shape index (κ3) is 3.56. The Morgan fingerprint density at radius 2 is 1.95 bits per heavy atom. The van der Waals surface area contributed by atoms with Crippen LogP contribution in [-0.4, -0.2) is 47.8 Å². The highest BCUT2D eigenvalue weighted by molar-refractivity contribution is 7.12. The van der Waals surface area contributed by atoms with E-state index in [0.717, 1.165) is 30.8 Å². The molecule has 0 bridgehead atoms. The molecule has 2 heterocycles. The first-order chi connectivity index (χ1) is 9.22. The SMILES string of the molecule is CCCC(=O)N1CCCN(C(=O)c2cccs2)CC1. The standard InChI is InChI=1S/C14H20N2O2S/c1-2-5-13(17)15-7-4-8-16(10-9-15)14(18)12-6-3-11-19-12/h3,6,11H,2,4-5,7-10H2,1H3. The van der Waals surface area contributed by atoms with Gasteiger partial charge in [-0.3, -0.25) is 9.59 Å². The Hall–Kier alpha value is -1.36. The van der Waals surface area contributed by atoms with Gasteiger partial charge >= 0.3 is 0 Å². The maximum atomic E-state index is 12.2. The molecule has 0 aromatic carbocycles. The summed E-state index contributed by atoms with van der Waals surface area (Å²) in [5.41, 5.74) is 0. The first kappa shape index (κ1) is 14.1. The van der Waals surface area contributed by atoms with Gasteiger partial charge in [0.05, 0.1) is 4.88 Å². The van der Waals surface area contributed by atoms with Gasteiger partial charge in [0, 0.05) is 32.6 Å². The smallest absolute Gasteiger partial charge is 0.263 e. The number of amides is 2. The van der Waals surface area contributed by atoms with Crippen molar-refractivity contribution in [3.8, 4) is 0 Å². The summed E-state index contributed by atoms with van der Waals surface area (Å²) in [6.45, 7) is 4.84. The van der Waals surface area contributed by atoms with E-state index < -0.39 is 0 Å². The molecular weight excluding hydrogens is 260 g/mol. The zero-order valence-electron chi connectivity index (χ0n) is 11.3.